The maximum atomic E-state index is 10.8. The summed E-state index contributed by atoms with van der Waals surface area (Å²) >= 11 is 0. The average Bonchev–Trinajstić information content (AvgIpc) is 1.86. The topological polar surface area (TPSA) is 46.2 Å². The fraction of sp³-hybridized carbons (Fsp3) is 0.800. The molecule has 55 valence electrons. The lowest BCUT2D eigenvalue weighted by Gasteiger charge is -2.06. The number of nitrogens with one attached hydrogen (secondary N) is 1. The van der Waals surface area contributed by atoms with Crippen molar-refractivity contribution >= 4 is 10.0 Å². The summed E-state index contributed by atoms with van der Waals surface area (Å²) in [5, 5.41) is -0.525. The molecular formula is C5H12NO2S. The van der Waals surface area contributed by atoms with Crippen molar-refractivity contribution in [3.8, 4) is 0 Å². The fourth-order valence-electron chi connectivity index (χ4n) is 0.386. The van der Waals surface area contributed by atoms with Gasteiger partial charge in [0.1, 0.15) is 0 Å². The summed E-state index contributed by atoms with van der Waals surface area (Å²) in [7, 11) is -1.72. The van der Waals surface area contributed by atoms with Gasteiger partial charge in [-0.15, -0.1) is 0 Å². The third-order valence-corrected chi connectivity index (χ3v) is 2.96. The van der Waals surface area contributed by atoms with Crippen molar-refractivity contribution in [1.82, 2.24) is 4.72 Å². The zero-order valence-electron chi connectivity index (χ0n) is 5.72. The lowest BCUT2D eigenvalue weighted by atomic mass is 10.4. The number of sulfonamides is 1. The molecule has 3 nitrogen and oxygen atoms in total. The minimum atomic E-state index is -3.11. The molecule has 0 aromatic rings. The van der Waals surface area contributed by atoms with Gasteiger partial charge in [-0.2, -0.15) is 0 Å². The van der Waals surface area contributed by atoms with Crippen LogP contribution in [0.3, 0.4) is 0 Å². The molecular weight excluding hydrogens is 138 g/mol. The Bertz CT molecular complexity index is 162. The zero-order chi connectivity index (χ0) is 7.49. The van der Waals surface area contributed by atoms with E-state index in [1.54, 1.807) is 6.92 Å². The van der Waals surface area contributed by atoms with E-state index in [-0.39, 0.29) is 0 Å². The van der Waals surface area contributed by atoms with Gasteiger partial charge in [0.15, 0.2) is 0 Å². The highest BCUT2D eigenvalue weighted by Gasteiger charge is 2.14. The van der Waals surface area contributed by atoms with E-state index in [9.17, 15) is 8.42 Å². The molecule has 0 spiro atoms. The van der Waals surface area contributed by atoms with Crippen LogP contribution in [0.2, 0.25) is 0 Å². The van der Waals surface area contributed by atoms with E-state index >= 15 is 0 Å². The summed E-state index contributed by atoms with van der Waals surface area (Å²) in [6.07, 6.45) is 0.545. The molecule has 1 radical (unpaired) electrons. The summed E-state index contributed by atoms with van der Waals surface area (Å²) in [5.74, 6) is 0. The van der Waals surface area contributed by atoms with Gasteiger partial charge in [0.2, 0.25) is 10.0 Å². The molecule has 0 heterocycles. The van der Waals surface area contributed by atoms with Gasteiger partial charge in [-0.1, -0.05) is 6.92 Å². The Morgan fingerprint density at radius 1 is 1.67 bits per heavy atom. The van der Waals surface area contributed by atoms with Gasteiger partial charge in [-0.25, -0.2) is 13.1 Å². The molecule has 0 aliphatic heterocycles. The summed E-state index contributed by atoms with van der Waals surface area (Å²) < 4.78 is 23.7. The largest absolute Gasteiger partial charge is 0.218 e. The fourth-order valence-corrected chi connectivity index (χ4v) is 1.16. The minimum Gasteiger partial charge on any atom is -0.218 e. The van der Waals surface area contributed by atoms with Crippen molar-refractivity contribution in [2.45, 2.75) is 18.6 Å². The van der Waals surface area contributed by atoms with Crippen molar-refractivity contribution < 1.29 is 8.42 Å². The first-order chi connectivity index (χ1) is 4.04. The lowest BCUT2D eigenvalue weighted by molar-refractivity contribution is 0.578. The predicted molar refractivity (Wildman–Crippen MR) is 37.4 cm³/mol. The molecule has 0 saturated heterocycles. The van der Waals surface area contributed by atoms with Crippen molar-refractivity contribution in [1.29, 1.82) is 0 Å². The van der Waals surface area contributed by atoms with E-state index in [4.69, 9.17) is 0 Å². The second-order valence-electron chi connectivity index (χ2n) is 1.78. The third kappa shape index (κ3) is 2.32. The molecule has 1 unspecified atom stereocenters. The molecule has 0 aliphatic carbocycles. The monoisotopic (exact) mass is 150 g/mol. The molecule has 4 heteroatoms. The molecule has 0 amide bonds. The van der Waals surface area contributed by atoms with Crippen LogP contribution in [0.25, 0.3) is 0 Å². The maximum Gasteiger partial charge on any atom is 0.214 e. The van der Waals surface area contributed by atoms with E-state index in [1.807, 2.05) is 0 Å². The molecule has 1 N–H and O–H groups in total. The van der Waals surface area contributed by atoms with Gasteiger partial charge < -0.3 is 0 Å². The second kappa shape index (κ2) is 3.17. The molecule has 0 aromatic heterocycles. The predicted octanol–water partition coefficient (Wildman–Crippen LogP) is 0.148. The van der Waals surface area contributed by atoms with Crippen LogP contribution < -0.4 is 4.72 Å². The smallest absolute Gasteiger partial charge is 0.214 e. The lowest BCUT2D eigenvalue weighted by Crippen LogP contribution is -2.28. The molecule has 0 aromatic carbocycles. The Hall–Kier alpha value is -0.0900. The van der Waals surface area contributed by atoms with Crippen LogP contribution in [-0.2, 0) is 10.0 Å². The van der Waals surface area contributed by atoms with Crippen molar-refractivity contribution in [3.63, 3.8) is 0 Å². The van der Waals surface area contributed by atoms with Crippen molar-refractivity contribution in [2.24, 2.45) is 0 Å². The first-order valence-electron chi connectivity index (χ1n) is 2.80. The van der Waals surface area contributed by atoms with Gasteiger partial charge >= 0.3 is 0 Å². The summed E-state index contributed by atoms with van der Waals surface area (Å²) in [5.41, 5.74) is 0. The van der Waals surface area contributed by atoms with E-state index in [1.165, 1.54) is 7.05 Å². The SMILES string of the molecule is [CH2]C(CC)S(=O)(=O)NC. The summed E-state index contributed by atoms with van der Waals surface area (Å²) in [6.45, 7) is 5.23. The Labute approximate surface area is 56.5 Å². The standard InChI is InChI=1S/C5H12NO2S/c1-4-5(2)9(7,8)6-3/h5-6H,2,4H2,1,3H3. The van der Waals surface area contributed by atoms with Crippen molar-refractivity contribution in [3.05, 3.63) is 6.92 Å². The van der Waals surface area contributed by atoms with E-state index in [2.05, 4.69) is 11.6 Å². The minimum absolute atomic E-state index is 0.525. The highest BCUT2D eigenvalue weighted by molar-refractivity contribution is 7.90. The Balaban J connectivity index is 4.17. The van der Waals surface area contributed by atoms with Crippen molar-refractivity contribution in [2.75, 3.05) is 7.05 Å². The van der Waals surface area contributed by atoms with E-state index in [0.717, 1.165) is 0 Å². The van der Waals surface area contributed by atoms with Gasteiger partial charge in [-0.3, -0.25) is 0 Å². The average molecular weight is 150 g/mol. The van der Waals surface area contributed by atoms with Gasteiger partial charge in [0, 0.05) is 0 Å². The number of rotatable bonds is 3. The summed E-state index contributed by atoms with van der Waals surface area (Å²) in [6, 6.07) is 0. The van der Waals surface area contributed by atoms with Crippen LogP contribution >= 0.6 is 0 Å². The normalized spacial score (nSPS) is 15.4. The first kappa shape index (κ1) is 8.91. The number of hydrogen-bond donors (Lipinski definition) is 1. The van der Waals surface area contributed by atoms with Gasteiger partial charge in [-0.05, 0) is 20.4 Å². The Morgan fingerprint density at radius 2 is 2.11 bits per heavy atom. The quantitative estimate of drug-likeness (QED) is 0.622. The molecule has 1 atom stereocenters. The molecule has 0 bridgehead atoms. The molecule has 9 heavy (non-hydrogen) atoms. The Morgan fingerprint density at radius 3 is 2.22 bits per heavy atom. The highest BCUT2D eigenvalue weighted by atomic mass is 32.2. The zero-order valence-corrected chi connectivity index (χ0v) is 6.53. The molecule has 0 aliphatic rings. The van der Waals surface area contributed by atoms with Crippen LogP contribution in [0.15, 0.2) is 0 Å². The van der Waals surface area contributed by atoms with Gasteiger partial charge in [0.05, 0.1) is 5.25 Å². The summed E-state index contributed by atoms with van der Waals surface area (Å²) in [4.78, 5) is 0. The Kier molecular flexibility index (Phi) is 3.14. The van der Waals surface area contributed by atoms with Crippen LogP contribution in [0.4, 0.5) is 0 Å². The first-order valence-corrected chi connectivity index (χ1v) is 4.34. The van der Waals surface area contributed by atoms with Crippen LogP contribution in [-0.4, -0.2) is 20.7 Å². The third-order valence-electron chi connectivity index (χ3n) is 1.18. The van der Waals surface area contributed by atoms with Gasteiger partial charge in [0.25, 0.3) is 0 Å². The molecule has 0 fully saturated rings. The maximum absolute atomic E-state index is 10.8. The second-order valence-corrected chi connectivity index (χ2v) is 3.94. The molecule has 0 saturated carbocycles. The van der Waals surface area contributed by atoms with E-state index in [0.29, 0.717) is 6.42 Å². The highest BCUT2D eigenvalue weighted by Crippen LogP contribution is 1.99. The molecule has 0 rings (SSSR count). The van der Waals surface area contributed by atoms with Crippen LogP contribution in [0, 0.1) is 6.92 Å². The van der Waals surface area contributed by atoms with Crippen LogP contribution in [0.1, 0.15) is 13.3 Å². The number of hydrogen-bond acceptors (Lipinski definition) is 2. The van der Waals surface area contributed by atoms with E-state index < -0.39 is 15.3 Å². The van der Waals surface area contributed by atoms with Crippen LogP contribution in [0.5, 0.6) is 0 Å².